The van der Waals surface area contributed by atoms with Gasteiger partial charge in [-0.05, 0) is 18.2 Å². The normalized spacial score (nSPS) is 9.91. The molecule has 1 aromatic carbocycles. The largest absolute Gasteiger partial charge is 0.492 e. The van der Waals surface area contributed by atoms with Gasteiger partial charge in [-0.15, -0.1) is 0 Å². The van der Waals surface area contributed by atoms with E-state index >= 15 is 0 Å². The van der Waals surface area contributed by atoms with E-state index in [1.54, 1.807) is 37.4 Å². The highest BCUT2D eigenvalue weighted by Gasteiger charge is 2.09. The molecule has 0 saturated heterocycles. The smallest absolute Gasteiger partial charge is 0.321 e. The molecule has 0 spiro atoms. The van der Waals surface area contributed by atoms with Gasteiger partial charge in [0.05, 0.1) is 25.5 Å². The summed E-state index contributed by atoms with van der Waals surface area (Å²) in [6.45, 7) is 0.902. The van der Waals surface area contributed by atoms with Crippen LogP contribution in [0.25, 0.3) is 0 Å². The maximum atomic E-state index is 12.0. The van der Waals surface area contributed by atoms with Gasteiger partial charge < -0.3 is 19.7 Å². The van der Waals surface area contributed by atoms with Crippen LogP contribution in [-0.2, 0) is 0 Å². The number of rotatable bonds is 6. The maximum Gasteiger partial charge on any atom is 0.321 e. The molecular weight excluding hydrogens is 282 g/mol. The Kier molecular flexibility index (Phi) is 5.59. The Morgan fingerprint density at radius 3 is 2.64 bits per heavy atom. The Balaban J connectivity index is 1.76. The molecule has 6 heteroatoms. The lowest BCUT2D eigenvalue weighted by atomic mass is 10.3. The molecule has 0 unspecified atom stereocenters. The molecule has 2 aromatic rings. The Hall–Kier alpha value is -2.76. The molecule has 0 saturated carbocycles. The van der Waals surface area contributed by atoms with Crippen molar-refractivity contribution in [2.24, 2.45) is 0 Å². The summed E-state index contributed by atoms with van der Waals surface area (Å²) in [4.78, 5) is 17.6. The van der Waals surface area contributed by atoms with E-state index in [2.05, 4.69) is 10.3 Å². The van der Waals surface area contributed by atoms with Crippen LogP contribution in [-0.4, -0.2) is 43.2 Å². The zero-order chi connectivity index (χ0) is 15.8. The number of anilines is 1. The fraction of sp³-hybridized carbons (Fsp3) is 0.250. The van der Waals surface area contributed by atoms with Gasteiger partial charge in [0.15, 0.2) is 0 Å². The molecule has 0 aliphatic carbocycles. The SMILES string of the molecule is COc1ccc(NC(=O)N(C)CCOc2ccccc2)cn1. The van der Waals surface area contributed by atoms with Crippen LogP contribution < -0.4 is 14.8 Å². The summed E-state index contributed by atoms with van der Waals surface area (Å²) < 4.78 is 10.5. The first-order valence-electron chi connectivity index (χ1n) is 6.89. The van der Waals surface area contributed by atoms with Crippen LogP contribution in [0.15, 0.2) is 48.7 Å². The lowest BCUT2D eigenvalue weighted by molar-refractivity contribution is 0.207. The van der Waals surface area contributed by atoms with Gasteiger partial charge >= 0.3 is 6.03 Å². The number of pyridine rings is 1. The second-order valence-electron chi connectivity index (χ2n) is 4.60. The number of amides is 2. The fourth-order valence-corrected chi connectivity index (χ4v) is 1.71. The van der Waals surface area contributed by atoms with Crippen molar-refractivity contribution in [3.8, 4) is 11.6 Å². The summed E-state index contributed by atoms with van der Waals surface area (Å²) in [6, 6.07) is 12.7. The van der Waals surface area contributed by atoms with E-state index in [4.69, 9.17) is 9.47 Å². The Morgan fingerprint density at radius 2 is 2.00 bits per heavy atom. The van der Waals surface area contributed by atoms with Crippen molar-refractivity contribution in [2.45, 2.75) is 0 Å². The average Bonchev–Trinajstić information content (AvgIpc) is 2.56. The number of hydrogen-bond acceptors (Lipinski definition) is 4. The van der Waals surface area contributed by atoms with Crippen molar-refractivity contribution in [3.05, 3.63) is 48.7 Å². The number of urea groups is 1. The van der Waals surface area contributed by atoms with Crippen molar-refractivity contribution in [1.29, 1.82) is 0 Å². The van der Waals surface area contributed by atoms with Crippen LogP contribution in [0.1, 0.15) is 0 Å². The maximum absolute atomic E-state index is 12.0. The van der Waals surface area contributed by atoms with E-state index in [1.165, 1.54) is 0 Å². The van der Waals surface area contributed by atoms with E-state index in [0.29, 0.717) is 24.7 Å². The number of carbonyl (C=O) groups is 1. The molecule has 2 amide bonds. The summed E-state index contributed by atoms with van der Waals surface area (Å²) in [7, 11) is 3.25. The van der Waals surface area contributed by atoms with Crippen LogP contribution in [0.4, 0.5) is 10.5 Å². The number of hydrogen-bond donors (Lipinski definition) is 1. The topological polar surface area (TPSA) is 63.7 Å². The van der Waals surface area contributed by atoms with E-state index in [0.717, 1.165) is 5.75 Å². The van der Waals surface area contributed by atoms with Crippen molar-refractivity contribution < 1.29 is 14.3 Å². The number of nitrogens with zero attached hydrogens (tertiary/aromatic N) is 2. The highest BCUT2D eigenvalue weighted by atomic mass is 16.5. The molecule has 1 aromatic heterocycles. The molecule has 6 nitrogen and oxygen atoms in total. The molecule has 116 valence electrons. The van der Waals surface area contributed by atoms with Gasteiger partial charge in [0.2, 0.25) is 5.88 Å². The van der Waals surface area contributed by atoms with Crippen molar-refractivity contribution in [2.75, 3.05) is 32.6 Å². The van der Waals surface area contributed by atoms with Crippen LogP contribution >= 0.6 is 0 Å². The van der Waals surface area contributed by atoms with Gasteiger partial charge in [0.1, 0.15) is 12.4 Å². The van der Waals surface area contributed by atoms with E-state index in [9.17, 15) is 4.79 Å². The molecule has 0 fully saturated rings. The Bertz CT molecular complexity index is 587. The predicted molar refractivity (Wildman–Crippen MR) is 84.4 cm³/mol. The summed E-state index contributed by atoms with van der Waals surface area (Å²) in [5.74, 6) is 1.29. The van der Waals surface area contributed by atoms with E-state index in [-0.39, 0.29) is 6.03 Å². The van der Waals surface area contributed by atoms with Crippen LogP contribution in [0.5, 0.6) is 11.6 Å². The van der Waals surface area contributed by atoms with Crippen LogP contribution in [0, 0.1) is 0 Å². The van der Waals surface area contributed by atoms with Gasteiger partial charge in [-0.25, -0.2) is 9.78 Å². The lowest BCUT2D eigenvalue weighted by Crippen LogP contribution is -2.34. The Labute approximate surface area is 129 Å². The Morgan fingerprint density at radius 1 is 1.23 bits per heavy atom. The van der Waals surface area contributed by atoms with Gasteiger partial charge in [-0.1, -0.05) is 18.2 Å². The van der Waals surface area contributed by atoms with Crippen molar-refractivity contribution in [1.82, 2.24) is 9.88 Å². The highest BCUT2D eigenvalue weighted by Crippen LogP contribution is 2.11. The average molecular weight is 301 g/mol. The monoisotopic (exact) mass is 301 g/mol. The molecule has 0 bridgehead atoms. The van der Waals surface area contributed by atoms with Crippen LogP contribution in [0.2, 0.25) is 0 Å². The molecule has 0 aliphatic heterocycles. The molecule has 0 radical (unpaired) electrons. The lowest BCUT2D eigenvalue weighted by Gasteiger charge is -2.18. The summed E-state index contributed by atoms with van der Waals surface area (Å²) in [6.07, 6.45) is 1.55. The quantitative estimate of drug-likeness (QED) is 0.891. The fourth-order valence-electron chi connectivity index (χ4n) is 1.71. The number of benzene rings is 1. The molecule has 2 rings (SSSR count). The third-order valence-corrected chi connectivity index (χ3v) is 2.98. The number of methoxy groups -OCH3 is 1. The number of aromatic nitrogens is 1. The third-order valence-electron chi connectivity index (χ3n) is 2.98. The zero-order valence-electron chi connectivity index (χ0n) is 12.7. The van der Waals surface area contributed by atoms with Crippen LogP contribution in [0.3, 0.4) is 0 Å². The van der Waals surface area contributed by atoms with Crippen molar-refractivity contribution >= 4 is 11.7 Å². The van der Waals surface area contributed by atoms with Gasteiger partial charge in [0, 0.05) is 13.1 Å². The zero-order valence-corrected chi connectivity index (χ0v) is 12.7. The minimum atomic E-state index is -0.219. The summed E-state index contributed by atoms with van der Waals surface area (Å²) in [5.41, 5.74) is 0.613. The number of likely N-dealkylation sites (N-methyl/N-ethyl adjacent to an activating group) is 1. The van der Waals surface area contributed by atoms with E-state index in [1.807, 2.05) is 30.3 Å². The first kappa shape index (κ1) is 15.6. The molecule has 1 N–H and O–H groups in total. The molecule has 0 atom stereocenters. The molecule has 1 heterocycles. The number of carbonyl (C=O) groups excluding carboxylic acids is 1. The van der Waals surface area contributed by atoms with Gasteiger partial charge in [-0.3, -0.25) is 0 Å². The molecular formula is C16H19N3O3. The second-order valence-corrected chi connectivity index (χ2v) is 4.60. The number of ether oxygens (including phenoxy) is 2. The van der Waals surface area contributed by atoms with Crippen molar-refractivity contribution in [3.63, 3.8) is 0 Å². The standard InChI is InChI=1S/C16H19N3O3/c1-19(10-11-22-14-6-4-3-5-7-14)16(20)18-13-8-9-15(21-2)17-12-13/h3-9,12H,10-11H2,1-2H3,(H,18,20). The van der Waals surface area contributed by atoms with Gasteiger partial charge in [-0.2, -0.15) is 0 Å². The molecule has 22 heavy (non-hydrogen) atoms. The first-order chi connectivity index (χ1) is 10.7. The summed E-state index contributed by atoms with van der Waals surface area (Å²) in [5, 5.41) is 2.76. The summed E-state index contributed by atoms with van der Waals surface area (Å²) >= 11 is 0. The number of para-hydroxylation sites is 1. The predicted octanol–water partition coefficient (Wildman–Crippen LogP) is 2.63. The minimum Gasteiger partial charge on any atom is -0.492 e. The van der Waals surface area contributed by atoms with E-state index < -0.39 is 0 Å². The second kappa shape index (κ2) is 7.87. The molecule has 0 aliphatic rings. The highest BCUT2D eigenvalue weighted by molar-refractivity contribution is 5.88. The first-order valence-corrected chi connectivity index (χ1v) is 6.89. The number of nitrogens with one attached hydrogen (secondary N) is 1. The minimum absolute atomic E-state index is 0.219. The van der Waals surface area contributed by atoms with Gasteiger partial charge in [0.25, 0.3) is 0 Å². The third kappa shape index (κ3) is 4.66.